The van der Waals surface area contributed by atoms with Gasteiger partial charge in [0.25, 0.3) is 5.91 Å². The van der Waals surface area contributed by atoms with Crippen molar-refractivity contribution in [3.05, 3.63) is 154 Å². The number of rotatable bonds is 8. The first kappa shape index (κ1) is 26.5. The van der Waals surface area contributed by atoms with E-state index in [0.29, 0.717) is 29.3 Å². The van der Waals surface area contributed by atoms with Crippen LogP contribution in [0.5, 0.6) is 5.75 Å². The topological polar surface area (TPSA) is 54.7 Å². The van der Waals surface area contributed by atoms with Crippen LogP contribution in [-0.4, -0.2) is 17.4 Å². The van der Waals surface area contributed by atoms with Gasteiger partial charge >= 0.3 is 0 Å². The molecule has 0 bridgehead atoms. The van der Waals surface area contributed by atoms with E-state index in [-0.39, 0.29) is 30.1 Å². The molecule has 41 heavy (non-hydrogen) atoms. The lowest BCUT2D eigenvalue weighted by Crippen LogP contribution is -2.36. The van der Waals surface area contributed by atoms with Crippen molar-refractivity contribution in [3.8, 4) is 5.75 Å². The van der Waals surface area contributed by atoms with Crippen molar-refractivity contribution < 1.29 is 18.3 Å². The van der Waals surface area contributed by atoms with E-state index < -0.39 is 0 Å². The summed E-state index contributed by atoms with van der Waals surface area (Å²) < 4.78 is 26.5. The van der Waals surface area contributed by atoms with Gasteiger partial charge in [-0.2, -0.15) is 0 Å². The highest BCUT2D eigenvalue weighted by Gasteiger charge is 2.29. The number of hydrogen-bond acceptors (Lipinski definition) is 4. The second kappa shape index (κ2) is 11.8. The Kier molecular flexibility index (Phi) is 7.65. The van der Waals surface area contributed by atoms with Crippen molar-refractivity contribution >= 4 is 11.6 Å². The molecule has 0 spiro atoms. The van der Waals surface area contributed by atoms with E-state index in [0.717, 1.165) is 29.7 Å². The molecule has 1 atom stereocenters. The number of nitrogens with zero attached hydrogens (tertiary/aromatic N) is 1. The Balaban J connectivity index is 1.19. The molecular formula is C35H31FN2O3. The maximum Gasteiger partial charge on any atom is 0.291 e. The Morgan fingerprint density at radius 3 is 2.54 bits per heavy atom. The van der Waals surface area contributed by atoms with Crippen molar-refractivity contribution in [2.24, 2.45) is 0 Å². The summed E-state index contributed by atoms with van der Waals surface area (Å²) in [5, 5.41) is 2.85. The van der Waals surface area contributed by atoms with Crippen molar-refractivity contribution in [2.75, 3.05) is 11.9 Å². The number of anilines is 1. The maximum atomic E-state index is 14.6. The Hall–Kier alpha value is -4.68. The average molecular weight is 547 g/mol. The first-order valence-electron chi connectivity index (χ1n) is 13.8. The zero-order valence-electron chi connectivity index (χ0n) is 22.8. The number of halogens is 1. The molecule has 0 radical (unpaired) electrons. The predicted molar refractivity (Wildman–Crippen MR) is 157 cm³/mol. The van der Waals surface area contributed by atoms with Crippen LogP contribution in [0.4, 0.5) is 10.1 Å². The molecular weight excluding hydrogens is 515 g/mol. The fourth-order valence-electron chi connectivity index (χ4n) is 5.34. The van der Waals surface area contributed by atoms with Crippen LogP contribution in [0.1, 0.15) is 50.2 Å². The summed E-state index contributed by atoms with van der Waals surface area (Å²) in [6.45, 7) is 3.51. The number of aryl methyl sites for hydroxylation is 1. The highest BCUT2D eigenvalue weighted by molar-refractivity contribution is 6.02. The number of carbonyl (C=O) groups is 1. The Labute approximate surface area is 239 Å². The molecule has 6 rings (SSSR count). The number of furan rings is 1. The van der Waals surface area contributed by atoms with Gasteiger partial charge in [-0.3, -0.25) is 9.69 Å². The van der Waals surface area contributed by atoms with E-state index in [1.165, 1.54) is 11.6 Å². The Bertz CT molecular complexity index is 1650. The molecule has 0 saturated carbocycles. The standard InChI is InChI=1S/C35H31FN2O3/c1-24-11-14-28(15-12-24)37-35(39)33-18-17-30(41-33)23-40-29-16-13-25-19-20-38(22-27-9-5-6-10-32(27)36)34(31(25)21-29)26-7-3-2-4-8-26/h2-18,21,34H,19-20,22-23H2,1H3,(H,37,39)/t34-/m0/s1. The van der Waals surface area contributed by atoms with Crippen molar-refractivity contribution in [1.29, 1.82) is 0 Å². The maximum absolute atomic E-state index is 14.6. The average Bonchev–Trinajstić information content (AvgIpc) is 3.48. The second-order valence-corrected chi connectivity index (χ2v) is 10.4. The quantitative estimate of drug-likeness (QED) is 0.217. The third-order valence-electron chi connectivity index (χ3n) is 7.47. The molecule has 0 fully saturated rings. The highest BCUT2D eigenvalue weighted by atomic mass is 19.1. The molecule has 1 aromatic heterocycles. The number of hydrogen-bond donors (Lipinski definition) is 1. The summed E-state index contributed by atoms with van der Waals surface area (Å²) in [7, 11) is 0. The van der Waals surface area contributed by atoms with Gasteiger partial charge in [-0.05, 0) is 72.5 Å². The lowest BCUT2D eigenvalue weighted by Gasteiger charge is -2.38. The van der Waals surface area contributed by atoms with Gasteiger partial charge in [-0.1, -0.05) is 72.3 Å². The number of amides is 1. The molecule has 1 amide bonds. The van der Waals surface area contributed by atoms with Crippen LogP contribution >= 0.6 is 0 Å². The molecule has 206 valence electrons. The summed E-state index contributed by atoms with van der Waals surface area (Å²) in [5.41, 5.74) is 6.07. The van der Waals surface area contributed by atoms with Crippen molar-refractivity contribution in [1.82, 2.24) is 4.90 Å². The molecule has 4 aromatic carbocycles. The molecule has 1 aliphatic heterocycles. The lowest BCUT2D eigenvalue weighted by molar-refractivity contribution is 0.0992. The van der Waals surface area contributed by atoms with Crippen LogP contribution in [0.3, 0.4) is 0 Å². The van der Waals surface area contributed by atoms with Gasteiger partial charge in [0.05, 0.1) is 6.04 Å². The minimum absolute atomic E-state index is 0.0382. The highest BCUT2D eigenvalue weighted by Crippen LogP contribution is 2.38. The number of benzene rings is 4. The fourth-order valence-corrected chi connectivity index (χ4v) is 5.34. The third-order valence-corrected chi connectivity index (χ3v) is 7.47. The van der Waals surface area contributed by atoms with Crippen LogP contribution in [-0.2, 0) is 19.6 Å². The van der Waals surface area contributed by atoms with E-state index >= 15 is 0 Å². The molecule has 5 aromatic rings. The minimum atomic E-state index is -0.311. The molecule has 0 saturated heterocycles. The number of nitrogens with one attached hydrogen (secondary N) is 1. The van der Waals surface area contributed by atoms with Gasteiger partial charge in [-0.15, -0.1) is 0 Å². The molecule has 5 nitrogen and oxygen atoms in total. The molecule has 2 heterocycles. The largest absolute Gasteiger partial charge is 0.486 e. The fraction of sp³-hybridized carbons (Fsp3) is 0.171. The van der Waals surface area contributed by atoms with Gasteiger partial charge in [0.2, 0.25) is 0 Å². The first-order valence-corrected chi connectivity index (χ1v) is 13.8. The van der Waals surface area contributed by atoms with Crippen LogP contribution in [0.15, 0.2) is 114 Å². The van der Waals surface area contributed by atoms with E-state index in [4.69, 9.17) is 9.15 Å². The number of ether oxygens (including phenoxy) is 1. The van der Waals surface area contributed by atoms with E-state index in [2.05, 4.69) is 34.5 Å². The zero-order chi connectivity index (χ0) is 28.2. The zero-order valence-corrected chi connectivity index (χ0v) is 22.8. The summed E-state index contributed by atoms with van der Waals surface area (Å²) >= 11 is 0. The van der Waals surface area contributed by atoms with E-state index in [1.54, 1.807) is 18.2 Å². The van der Waals surface area contributed by atoms with Crippen LogP contribution in [0, 0.1) is 12.7 Å². The normalized spacial score (nSPS) is 14.8. The van der Waals surface area contributed by atoms with Gasteiger partial charge in [0, 0.05) is 24.3 Å². The van der Waals surface area contributed by atoms with E-state index in [9.17, 15) is 9.18 Å². The SMILES string of the molecule is Cc1ccc(NC(=O)c2ccc(COc3ccc4c(c3)[C@H](c3ccccc3)N(Cc3ccccc3F)CC4)o2)cc1. The minimum Gasteiger partial charge on any atom is -0.486 e. The summed E-state index contributed by atoms with van der Waals surface area (Å²) in [6, 6.07) is 34.4. The van der Waals surface area contributed by atoms with Gasteiger partial charge in [0.15, 0.2) is 5.76 Å². The smallest absolute Gasteiger partial charge is 0.291 e. The second-order valence-electron chi connectivity index (χ2n) is 10.4. The monoisotopic (exact) mass is 546 g/mol. The third kappa shape index (κ3) is 6.08. The summed E-state index contributed by atoms with van der Waals surface area (Å²) in [6.07, 6.45) is 0.866. The molecule has 0 aliphatic carbocycles. The van der Waals surface area contributed by atoms with Crippen molar-refractivity contribution in [3.63, 3.8) is 0 Å². The van der Waals surface area contributed by atoms with Crippen molar-refractivity contribution in [2.45, 2.75) is 32.5 Å². The van der Waals surface area contributed by atoms with Gasteiger partial charge < -0.3 is 14.5 Å². The van der Waals surface area contributed by atoms with Crippen LogP contribution in [0.2, 0.25) is 0 Å². The van der Waals surface area contributed by atoms with Crippen LogP contribution in [0.25, 0.3) is 0 Å². The molecule has 0 unspecified atom stereocenters. The van der Waals surface area contributed by atoms with E-state index in [1.807, 2.05) is 67.6 Å². The molecule has 1 N–H and O–H groups in total. The number of fused-ring (bicyclic) bond motifs is 1. The Morgan fingerprint density at radius 1 is 0.951 bits per heavy atom. The van der Waals surface area contributed by atoms with Gasteiger partial charge in [0.1, 0.15) is 23.9 Å². The first-order chi connectivity index (χ1) is 20.0. The Morgan fingerprint density at radius 2 is 1.73 bits per heavy atom. The van der Waals surface area contributed by atoms with Gasteiger partial charge in [-0.25, -0.2) is 4.39 Å². The molecule has 1 aliphatic rings. The summed E-state index contributed by atoms with van der Waals surface area (Å²) in [5.74, 6) is 0.988. The van der Waals surface area contributed by atoms with Crippen LogP contribution < -0.4 is 10.1 Å². The lowest BCUT2D eigenvalue weighted by atomic mass is 9.87. The summed E-state index contributed by atoms with van der Waals surface area (Å²) in [4.78, 5) is 15.0. The predicted octanol–water partition coefficient (Wildman–Crippen LogP) is 7.71. The number of carbonyl (C=O) groups excluding carboxylic acids is 1. The molecule has 6 heteroatoms.